The van der Waals surface area contributed by atoms with E-state index in [1.165, 1.54) is 17.8 Å². The molecule has 1 aliphatic heterocycles. The molecule has 0 atom stereocenters. The average Bonchev–Trinajstić information content (AvgIpc) is 2.83. The van der Waals surface area contributed by atoms with E-state index in [0.29, 0.717) is 5.75 Å². The molecule has 0 saturated heterocycles. The zero-order valence-corrected chi connectivity index (χ0v) is 15.7. The third-order valence-corrected chi connectivity index (χ3v) is 7.09. The maximum Gasteiger partial charge on any atom is 0.269 e. The molecule has 3 aromatic rings. The van der Waals surface area contributed by atoms with E-state index in [1.807, 2.05) is 37.3 Å². The fourth-order valence-corrected chi connectivity index (χ4v) is 5.67. The Balaban J connectivity index is 1.52. The number of carbonyl (C=O) groups excluding carboxylic acids is 1. The summed E-state index contributed by atoms with van der Waals surface area (Å²) >= 11 is 1.45. The number of aryl methyl sites for hydroxylation is 1. The number of aromatic nitrogens is 1. The van der Waals surface area contributed by atoms with Gasteiger partial charge >= 0.3 is 0 Å². The van der Waals surface area contributed by atoms with Crippen LogP contribution in [0.4, 0.5) is 0 Å². The molecule has 0 radical (unpaired) electrons. The number of pyridine rings is 1. The molecule has 1 amide bonds. The fraction of sp³-hybridized carbons (Fsp3) is 0.158. The summed E-state index contributed by atoms with van der Waals surface area (Å²) in [5, 5.41) is 1.92. The lowest BCUT2D eigenvalue weighted by molar-refractivity contribution is 0.0876. The normalized spacial score (nSPS) is 15.4. The van der Waals surface area contributed by atoms with Gasteiger partial charge in [0.05, 0.1) is 16.1 Å². The molecule has 0 unspecified atom stereocenters. The Kier molecular flexibility index (Phi) is 4.20. The molecule has 1 aromatic heterocycles. The van der Waals surface area contributed by atoms with Crippen LogP contribution in [-0.4, -0.2) is 35.9 Å². The number of hydrogen-bond acceptors (Lipinski definition) is 5. The van der Waals surface area contributed by atoms with E-state index in [1.54, 1.807) is 18.2 Å². The lowest BCUT2D eigenvalue weighted by Gasteiger charge is -2.14. The minimum Gasteiger partial charge on any atom is -0.268 e. The molecule has 0 bridgehead atoms. The van der Waals surface area contributed by atoms with Crippen molar-refractivity contribution in [1.82, 2.24) is 9.29 Å². The highest BCUT2D eigenvalue weighted by atomic mass is 32.2. The molecule has 5 nitrogen and oxygen atoms in total. The van der Waals surface area contributed by atoms with Gasteiger partial charge in [0, 0.05) is 17.7 Å². The Morgan fingerprint density at radius 3 is 2.62 bits per heavy atom. The van der Waals surface area contributed by atoms with Gasteiger partial charge in [-0.3, -0.25) is 4.79 Å². The van der Waals surface area contributed by atoms with Gasteiger partial charge in [-0.25, -0.2) is 17.7 Å². The summed E-state index contributed by atoms with van der Waals surface area (Å²) in [7, 11) is -3.74. The van der Waals surface area contributed by atoms with Gasteiger partial charge in [0.2, 0.25) is 0 Å². The van der Waals surface area contributed by atoms with Crippen molar-refractivity contribution in [3.05, 3.63) is 65.7 Å². The van der Waals surface area contributed by atoms with E-state index in [0.717, 1.165) is 25.8 Å². The monoisotopic (exact) mass is 384 g/mol. The average molecular weight is 384 g/mol. The minimum absolute atomic E-state index is 0.0923. The van der Waals surface area contributed by atoms with E-state index in [-0.39, 0.29) is 17.0 Å². The van der Waals surface area contributed by atoms with E-state index < -0.39 is 15.9 Å². The minimum atomic E-state index is -3.74. The summed E-state index contributed by atoms with van der Waals surface area (Å²) in [6.07, 6.45) is 0. The highest BCUT2D eigenvalue weighted by molar-refractivity contribution is 7.99. The molecule has 7 heteroatoms. The van der Waals surface area contributed by atoms with Crippen molar-refractivity contribution in [2.45, 2.75) is 16.8 Å². The quantitative estimate of drug-likeness (QED) is 0.644. The van der Waals surface area contributed by atoms with Crippen molar-refractivity contribution in [1.29, 1.82) is 0 Å². The maximum atomic E-state index is 12.5. The van der Waals surface area contributed by atoms with Gasteiger partial charge in [-0.05, 0) is 36.8 Å². The van der Waals surface area contributed by atoms with Crippen molar-refractivity contribution in [3.8, 4) is 0 Å². The van der Waals surface area contributed by atoms with E-state index in [9.17, 15) is 13.2 Å². The zero-order chi connectivity index (χ0) is 18.3. The number of carbonyl (C=O) groups is 1. The first-order chi connectivity index (χ1) is 12.5. The standard InChI is InChI=1S/C19H16N2O3S2/c1-13-12-18(20-16-8-4-2-6-14(13)16)25-11-10-21-19(22)15-7-3-5-9-17(15)26(21,23)24/h2-9,12H,10-11H2,1H3. The van der Waals surface area contributed by atoms with Crippen LogP contribution in [0.2, 0.25) is 0 Å². The molecule has 4 rings (SSSR count). The molecule has 0 spiro atoms. The van der Waals surface area contributed by atoms with Gasteiger partial charge in [0.15, 0.2) is 0 Å². The molecular formula is C19H16N2O3S2. The molecule has 0 N–H and O–H groups in total. The zero-order valence-electron chi connectivity index (χ0n) is 14.0. The third kappa shape index (κ3) is 2.77. The van der Waals surface area contributed by atoms with Crippen LogP contribution in [0.1, 0.15) is 15.9 Å². The Labute approximate surface area is 156 Å². The highest BCUT2D eigenvalue weighted by Gasteiger charge is 2.40. The van der Waals surface area contributed by atoms with E-state index in [4.69, 9.17) is 0 Å². The SMILES string of the molecule is Cc1cc(SCCN2C(=O)c3ccccc3S2(=O)=O)nc2ccccc12. The first kappa shape index (κ1) is 17.1. The molecule has 2 heterocycles. The number of hydrogen-bond donors (Lipinski definition) is 0. The number of fused-ring (bicyclic) bond motifs is 2. The summed E-state index contributed by atoms with van der Waals surface area (Å²) < 4.78 is 26.0. The van der Waals surface area contributed by atoms with Gasteiger partial charge in [0.1, 0.15) is 4.90 Å². The summed E-state index contributed by atoms with van der Waals surface area (Å²) in [4.78, 5) is 17.1. The smallest absolute Gasteiger partial charge is 0.268 e. The van der Waals surface area contributed by atoms with Gasteiger partial charge in [-0.15, -0.1) is 11.8 Å². The van der Waals surface area contributed by atoms with Crippen molar-refractivity contribution in [2.24, 2.45) is 0 Å². The van der Waals surface area contributed by atoms with Crippen molar-refractivity contribution < 1.29 is 13.2 Å². The number of nitrogens with zero attached hydrogens (tertiary/aromatic N) is 2. The molecular weight excluding hydrogens is 368 g/mol. The molecule has 132 valence electrons. The summed E-state index contributed by atoms with van der Waals surface area (Å²) in [6, 6.07) is 16.2. The van der Waals surface area contributed by atoms with Crippen LogP contribution in [0.3, 0.4) is 0 Å². The Hall–Kier alpha value is -2.38. The van der Waals surface area contributed by atoms with Crippen LogP contribution >= 0.6 is 11.8 Å². The largest absolute Gasteiger partial charge is 0.269 e. The number of para-hydroxylation sites is 1. The molecule has 26 heavy (non-hydrogen) atoms. The summed E-state index contributed by atoms with van der Waals surface area (Å²) in [6.45, 7) is 2.15. The van der Waals surface area contributed by atoms with E-state index >= 15 is 0 Å². The molecule has 0 aliphatic carbocycles. The summed E-state index contributed by atoms with van der Waals surface area (Å²) in [5.74, 6) is -0.00661. The Bertz CT molecular complexity index is 1130. The Morgan fingerprint density at radius 2 is 1.81 bits per heavy atom. The van der Waals surface area contributed by atoms with Gasteiger partial charge in [-0.1, -0.05) is 30.3 Å². The van der Waals surface area contributed by atoms with Crippen LogP contribution in [0.5, 0.6) is 0 Å². The van der Waals surface area contributed by atoms with E-state index in [2.05, 4.69) is 4.98 Å². The second-order valence-corrected chi connectivity index (χ2v) is 8.97. The van der Waals surface area contributed by atoms with Crippen molar-refractivity contribution in [3.63, 3.8) is 0 Å². The third-order valence-electron chi connectivity index (χ3n) is 4.36. The molecule has 2 aromatic carbocycles. The van der Waals surface area contributed by atoms with Crippen LogP contribution in [0.15, 0.2) is 64.5 Å². The number of benzene rings is 2. The van der Waals surface area contributed by atoms with Crippen LogP contribution in [0, 0.1) is 6.92 Å². The summed E-state index contributed by atoms with van der Waals surface area (Å²) in [5.41, 5.74) is 2.28. The van der Waals surface area contributed by atoms with Crippen LogP contribution in [0.25, 0.3) is 10.9 Å². The van der Waals surface area contributed by atoms with Crippen LogP contribution in [-0.2, 0) is 10.0 Å². The lowest BCUT2D eigenvalue weighted by Crippen LogP contribution is -2.32. The topological polar surface area (TPSA) is 67.3 Å². The van der Waals surface area contributed by atoms with Crippen molar-refractivity contribution >= 4 is 38.6 Å². The van der Waals surface area contributed by atoms with Gasteiger partial charge < -0.3 is 0 Å². The van der Waals surface area contributed by atoms with Crippen molar-refractivity contribution in [2.75, 3.05) is 12.3 Å². The highest BCUT2D eigenvalue weighted by Crippen LogP contribution is 2.31. The number of rotatable bonds is 4. The van der Waals surface area contributed by atoms with Gasteiger partial charge in [0.25, 0.3) is 15.9 Å². The lowest BCUT2D eigenvalue weighted by atomic mass is 10.1. The first-order valence-electron chi connectivity index (χ1n) is 8.14. The second kappa shape index (κ2) is 6.41. The predicted octanol–water partition coefficient (Wildman–Crippen LogP) is 3.48. The number of thioether (sulfide) groups is 1. The second-order valence-electron chi connectivity index (χ2n) is 6.02. The molecule has 0 fully saturated rings. The predicted molar refractivity (Wildman–Crippen MR) is 102 cm³/mol. The van der Waals surface area contributed by atoms with Crippen LogP contribution < -0.4 is 0 Å². The first-order valence-corrected chi connectivity index (χ1v) is 10.6. The Morgan fingerprint density at radius 1 is 1.08 bits per heavy atom. The maximum absolute atomic E-state index is 12.5. The van der Waals surface area contributed by atoms with Gasteiger partial charge in [-0.2, -0.15) is 0 Å². The number of amides is 1. The molecule has 1 aliphatic rings. The molecule has 0 saturated carbocycles. The number of sulfonamides is 1. The fourth-order valence-electron chi connectivity index (χ4n) is 3.08.